The first kappa shape index (κ1) is 52.2. The van der Waals surface area contributed by atoms with Crippen LogP contribution in [0.15, 0.2) is 12.4 Å². The molecule has 0 aliphatic rings. The van der Waals surface area contributed by atoms with Crippen LogP contribution in [0.25, 0.3) is 0 Å². The molecule has 0 spiro atoms. The maximum absolute atomic E-state index is 2.66. The molecule has 0 saturated heterocycles. The molecule has 55 heavy (non-hydrogen) atoms. The molecular weight excluding hydrogens is 665 g/mol. The zero-order chi connectivity index (χ0) is 39.4. The van der Waals surface area contributed by atoms with E-state index >= 15 is 0 Å². The first-order valence-electron chi connectivity index (χ1n) is 26.4. The highest BCUT2D eigenvalue weighted by molar-refractivity contribution is 4.84. The van der Waals surface area contributed by atoms with Gasteiger partial charge in [0.25, 0.3) is 5.82 Å². The molecule has 0 N–H and O–H groups in total. The minimum atomic E-state index is 1.23. The Morgan fingerprint density at radius 3 is 0.873 bits per heavy atom. The molecule has 0 amide bonds. The van der Waals surface area contributed by atoms with Crippen LogP contribution in [0, 0.1) is 0 Å². The molecule has 0 fully saturated rings. The van der Waals surface area contributed by atoms with Crippen LogP contribution >= 0.6 is 0 Å². The van der Waals surface area contributed by atoms with E-state index in [1.54, 1.807) is 5.82 Å². The van der Waals surface area contributed by atoms with Crippen LogP contribution in [0.4, 0.5) is 0 Å². The molecule has 0 aliphatic heterocycles. The molecule has 0 unspecified atom stereocenters. The number of hydrogen-bond acceptors (Lipinski definition) is 0. The normalized spacial score (nSPS) is 11.7. The molecule has 0 bridgehead atoms. The average Bonchev–Trinajstić information content (AvgIpc) is 3.58. The van der Waals surface area contributed by atoms with Crippen molar-refractivity contribution < 1.29 is 4.57 Å². The maximum atomic E-state index is 2.66. The van der Waals surface area contributed by atoms with E-state index in [1.807, 2.05) is 0 Å². The fourth-order valence-electron chi connectivity index (χ4n) is 8.98. The van der Waals surface area contributed by atoms with E-state index in [2.05, 4.69) is 42.3 Å². The Balaban J connectivity index is 2.25. The fourth-order valence-corrected chi connectivity index (χ4v) is 8.98. The fraction of sp³-hybridized carbons (Fsp3) is 0.943. The number of aryl methyl sites for hydroxylation is 2. The van der Waals surface area contributed by atoms with E-state index < -0.39 is 0 Å². The zero-order valence-electron chi connectivity index (χ0n) is 38.8. The molecule has 0 saturated carbocycles. The third kappa shape index (κ3) is 36.1. The molecule has 1 aromatic rings. The average molecular weight is 770 g/mol. The van der Waals surface area contributed by atoms with Crippen molar-refractivity contribution in [3.05, 3.63) is 18.2 Å². The lowest BCUT2D eigenvalue weighted by Gasteiger charge is -2.07. The van der Waals surface area contributed by atoms with Gasteiger partial charge in [-0.15, -0.1) is 0 Å². The van der Waals surface area contributed by atoms with Gasteiger partial charge < -0.3 is 0 Å². The van der Waals surface area contributed by atoms with E-state index in [9.17, 15) is 0 Å². The van der Waals surface area contributed by atoms with Gasteiger partial charge in [-0.2, -0.15) is 0 Å². The van der Waals surface area contributed by atoms with Gasteiger partial charge in [-0.1, -0.05) is 271 Å². The lowest BCUT2D eigenvalue weighted by molar-refractivity contribution is -0.704. The third-order valence-electron chi connectivity index (χ3n) is 12.8. The number of unbranched alkanes of at least 4 members (excludes halogenated alkanes) is 41. The zero-order valence-corrected chi connectivity index (χ0v) is 38.8. The largest absolute Gasteiger partial charge is 0.256 e. The van der Waals surface area contributed by atoms with E-state index in [0.717, 1.165) is 0 Å². The molecule has 0 atom stereocenters. The number of rotatable bonds is 47. The molecule has 0 radical (unpaired) electrons. The van der Waals surface area contributed by atoms with Gasteiger partial charge in [-0.05, 0) is 32.1 Å². The molecule has 2 nitrogen and oxygen atoms in total. The Labute approximate surface area is 349 Å². The molecule has 0 aromatic carbocycles. The van der Waals surface area contributed by atoms with E-state index in [-0.39, 0.29) is 0 Å². The summed E-state index contributed by atoms with van der Waals surface area (Å²) in [5, 5.41) is 0. The smallest absolute Gasteiger partial charge is 0.234 e. The van der Waals surface area contributed by atoms with Crippen molar-refractivity contribution in [3.8, 4) is 0 Å². The summed E-state index contributed by atoms with van der Waals surface area (Å²) in [5.74, 6) is 1.63. The Hall–Kier alpha value is -0.790. The van der Waals surface area contributed by atoms with Crippen molar-refractivity contribution in [1.29, 1.82) is 0 Å². The first-order chi connectivity index (χ1) is 27.3. The summed E-state index contributed by atoms with van der Waals surface area (Å²) in [7, 11) is 0. The van der Waals surface area contributed by atoms with Gasteiger partial charge in [0.1, 0.15) is 12.4 Å². The Morgan fingerprint density at radius 2 is 0.564 bits per heavy atom. The summed E-state index contributed by atoms with van der Waals surface area (Å²) in [4.78, 5) is 0. The number of nitrogens with zero attached hydrogens (tertiary/aromatic N) is 2. The first-order valence-corrected chi connectivity index (χ1v) is 26.4. The van der Waals surface area contributed by atoms with Crippen molar-refractivity contribution in [2.75, 3.05) is 0 Å². The van der Waals surface area contributed by atoms with Crippen LogP contribution in [-0.4, -0.2) is 4.57 Å². The van der Waals surface area contributed by atoms with Gasteiger partial charge in [-0.3, -0.25) is 0 Å². The third-order valence-corrected chi connectivity index (χ3v) is 12.8. The van der Waals surface area contributed by atoms with E-state index in [4.69, 9.17) is 0 Å². The highest BCUT2D eigenvalue weighted by Crippen LogP contribution is 2.17. The minimum Gasteiger partial charge on any atom is -0.234 e. The quantitative estimate of drug-likeness (QED) is 0.0461. The molecule has 1 aromatic heterocycles. The Kier molecular flexibility index (Phi) is 42.1. The van der Waals surface area contributed by atoms with Crippen molar-refractivity contribution >= 4 is 0 Å². The Morgan fingerprint density at radius 1 is 0.309 bits per heavy atom. The number of aromatic nitrogens is 2. The van der Waals surface area contributed by atoms with Gasteiger partial charge in [-0.25, -0.2) is 9.13 Å². The topological polar surface area (TPSA) is 8.81 Å². The van der Waals surface area contributed by atoms with E-state index in [0.29, 0.717) is 0 Å². The standard InChI is InChI=1S/C53H105N2/c1-4-7-10-13-16-19-22-25-27-29-32-35-38-41-44-47-50-55-52-51-54(49-46-43-40-37-34-31-28-26-23-20-17-14-11-8-5-2)53(55)48-45-42-39-36-33-30-24-21-18-15-12-9-6-3/h51-52H,4-50H2,1-3H3/q+1. The van der Waals surface area contributed by atoms with Crippen LogP contribution < -0.4 is 4.57 Å². The highest BCUT2D eigenvalue weighted by Gasteiger charge is 2.16. The minimum absolute atomic E-state index is 1.23. The van der Waals surface area contributed by atoms with Crippen molar-refractivity contribution in [2.45, 2.75) is 323 Å². The monoisotopic (exact) mass is 770 g/mol. The predicted octanol–water partition coefficient (Wildman–Crippen LogP) is 18.5. The summed E-state index contributed by atoms with van der Waals surface area (Å²) < 4.78 is 5.32. The summed E-state index contributed by atoms with van der Waals surface area (Å²) >= 11 is 0. The van der Waals surface area contributed by atoms with Crippen LogP contribution in [0.5, 0.6) is 0 Å². The molecule has 1 rings (SSSR count). The number of hydrogen-bond donors (Lipinski definition) is 0. The molecule has 0 aliphatic carbocycles. The summed E-state index contributed by atoms with van der Waals surface area (Å²) in [6, 6.07) is 0. The predicted molar refractivity (Wildman–Crippen MR) is 249 cm³/mol. The van der Waals surface area contributed by atoms with Crippen LogP contribution in [0.3, 0.4) is 0 Å². The molecular formula is C53H105N2+. The van der Waals surface area contributed by atoms with Crippen LogP contribution in [-0.2, 0) is 19.5 Å². The van der Waals surface area contributed by atoms with E-state index in [1.165, 1.54) is 302 Å². The summed E-state index contributed by atoms with van der Waals surface area (Å²) in [6.07, 6.45) is 69.8. The van der Waals surface area contributed by atoms with Gasteiger partial charge in [0, 0.05) is 6.42 Å². The van der Waals surface area contributed by atoms with Crippen LogP contribution in [0.2, 0.25) is 0 Å². The van der Waals surface area contributed by atoms with Crippen molar-refractivity contribution in [3.63, 3.8) is 0 Å². The molecule has 326 valence electrons. The van der Waals surface area contributed by atoms with Crippen LogP contribution in [0.1, 0.15) is 309 Å². The van der Waals surface area contributed by atoms with Crippen molar-refractivity contribution in [2.24, 2.45) is 0 Å². The number of imidazole rings is 1. The molecule has 2 heteroatoms. The summed E-state index contributed by atoms with van der Waals surface area (Å²) in [6.45, 7) is 9.42. The lowest BCUT2D eigenvalue weighted by atomic mass is 10.0. The molecule has 1 heterocycles. The second-order valence-electron chi connectivity index (χ2n) is 18.3. The second kappa shape index (κ2) is 44.3. The van der Waals surface area contributed by atoms with Gasteiger partial charge in [0.15, 0.2) is 0 Å². The Bertz CT molecular complexity index is 841. The summed E-state index contributed by atoms with van der Waals surface area (Å²) in [5.41, 5.74) is 0. The maximum Gasteiger partial charge on any atom is 0.256 e. The van der Waals surface area contributed by atoms with Gasteiger partial charge in [0.2, 0.25) is 0 Å². The van der Waals surface area contributed by atoms with Gasteiger partial charge in [0.05, 0.1) is 13.1 Å². The van der Waals surface area contributed by atoms with Gasteiger partial charge >= 0.3 is 0 Å². The second-order valence-corrected chi connectivity index (χ2v) is 18.3. The lowest BCUT2D eigenvalue weighted by Crippen LogP contribution is -2.37. The highest BCUT2D eigenvalue weighted by atomic mass is 15.1. The SMILES string of the molecule is CCCCCCCCCCCCCCCCCCn1cc[n+](CCCCCCCCCCCCCCCCC)c1CCCCCCCCCCCCCCC. The van der Waals surface area contributed by atoms with Crippen molar-refractivity contribution in [1.82, 2.24) is 4.57 Å².